The number of aliphatic hydroxyl groups is 1. The molecule has 2 aromatic carbocycles. The molecule has 3 aliphatic carbocycles. The number of aromatic nitrogens is 1. The Bertz CT molecular complexity index is 1720. The molecule has 11 heteroatoms. The van der Waals surface area contributed by atoms with Crippen LogP contribution in [0.3, 0.4) is 0 Å². The van der Waals surface area contributed by atoms with Crippen LogP contribution in [0.5, 0.6) is 11.5 Å². The Balaban J connectivity index is 1.22. The summed E-state index contributed by atoms with van der Waals surface area (Å²) < 4.78 is 11.5. The number of nitrogens with zero attached hydrogens (tertiary/aromatic N) is 4. The van der Waals surface area contributed by atoms with Crippen LogP contribution in [0.4, 0.5) is 0 Å². The lowest BCUT2D eigenvalue weighted by atomic mass is 9.68. The van der Waals surface area contributed by atoms with Crippen molar-refractivity contribution in [2.75, 3.05) is 13.7 Å². The van der Waals surface area contributed by atoms with E-state index in [0.717, 1.165) is 75.7 Å². The van der Waals surface area contributed by atoms with Crippen LogP contribution in [0.1, 0.15) is 84.5 Å². The number of ether oxygens (including phenoxy) is 2. The number of carbonyl (C=O) groups excluding carboxylic acids is 1. The first-order chi connectivity index (χ1) is 22.7. The molecule has 3 aromatic rings. The largest absolute Gasteiger partial charge is 0.496 e. The van der Waals surface area contributed by atoms with E-state index in [1.807, 2.05) is 25.3 Å². The van der Waals surface area contributed by atoms with Crippen molar-refractivity contribution in [3.63, 3.8) is 0 Å². The Hall–Kier alpha value is -3.20. The van der Waals surface area contributed by atoms with Crippen LogP contribution in [0.25, 0.3) is 11.1 Å². The highest BCUT2D eigenvalue weighted by Crippen LogP contribution is 2.48. The van der Waals surface area contributed by atoms with Crippen LogP contribution < -0.4 is 9.47 Å². The number of fused-ring (bicyclic) bond motifs is 2. The van der Waals surface area contributed by atoms with Crippen molar-refractivity contribution in [1.29, 1.82) is 0 Å². The number of carbonyl (C=O) groups is 1. The lowest BCUT2D eigenvalue weighted by Crippen LogP contribution is -2.40. The van der Waals surface area contributed by atoms with E-state index in [4.69, 9.17) is 37.7 Å². The highest BCUT2D eigenvalue weighted by atomic mass is 35.5. The summed E-state index contributed by atoms with van der Waals surface area (Å²) in [5, 5.41) is 11.6. The zero-order valence-electron chi connectivity index (χ0n) is 27.0. The molecule has 2 fully saturated rings. The fourth-order valence-corrected chi connectivity index (χ4v) is 8.61. The normalized spacial score (nSPS) is 19.7. The lowest BCUT2D eigenvalue weighted by Gasteiger charge is -2.37. The number of amides is 1. The first kappa shape index (κ1) is 33.7. The van der Waals surface area contributed by atoms with Gasteiger partial charge in [-0.1, -0.05) is 35.3 Å². The molecule has 1 aromatic heterocycles. The van der Waals surface area contributed by atoms with Crippen LogP contribution in [-0.2, 0) is 17.8 Å². The quantitative estimate of drug-likeness (QED) is 0.117. The summed E-state index contributed by atoms with van der Waals surface area (Å²) in [6.45, 7) is 4.64. The number of hydrogen-bond donors (Lipinski definition) is 1. The predicted octanol–water partition coefficient (Wildman–Crippen LogP) is 8.27. The van der Waals surface area contributed by atoms with Gasteiger partial charge in [0, 0.05) is 43.1 Å². The van der Waals surface area contributed by atoms with Crippen molar-refractivity contribution in [1.82, 2.24) is 9.88 Å². The average Bonchev–Trinajstić information content (AvgIpc) is 3.79. The molecule has 248 valence electrons. The van der Waals surface area contributed by atoms with Gasteiger partial charge in [0.15, 0.2) is 5.75 Å². The summed E-state index contributed by atoms with van der Waals surface area (Å²) >= 11 is 14.4. The number of thiazole rings is 1. The highest BCUT2D eigenvalue weighted by Gasteiger charge is 2.44. The molecule has 3 aliphatic rings. The second-order valence-electron chi connectivity index (χ2n) is 12.9. The molecule has 2 bridgehead atoms. The minimum atomic E-state index is -0.674. The van der Waals surface area contributed by atoms with E-state index < -0.39 is 6.10 Å². The molecule has 3 atom stereocenters. The standard InChI is InChI=1S/C36H40Cl2N4O4S/c1-20-23(6-4-7-31(20)45-3)19-42(27-9-10-27)36(44)34-25-12-22(13-26(15-25)41-39)14-28(34)32-18-40-33(47-32)8-5-11-46-35-29(37)16-24(21(2)43)17-30(35)38/h4,6-7,16-18,21-22,25,27,43H,5,8-15,19H2,1-3H3/t21-,22+,25+/m1/s1. The van der Waals surface area contributed by atoms with Crippen LogP contribution >= 0.6 is 34.5 Å². The Morgan fingerprint density at radius 2 is 1.98 bits per heavy atom. The summed E-state index contributed by atoms with van der Waals surface area (Å²) in [6.07, 6.45) is 7.70. The van der Waals surface area contributed by atoms with E-state index >= 15 is 0 Å². The van der Waals surface area contributed by atoms with E-state index in [1.165, 1.54) is 0 Å². The SMILES string of the molecule is COc1cccc(CN(C(=O)C2=C(c3cnc(CCCOc4c(Cl)cc([C@@H](C)O)cc4Cl)s3)C[C@@H]3CC(=[N+]=[N-])C[C@@H]2C3)C2CC2)c1C. The minimum absolute atomic E-state index is 0.0113. The molecule has 1 heterocycles. The summed E-state index contributed by atoms with van der Waals surface area (Å²) in [4.78, 5) is 26.1. The summed E-state index contributed by atoms with van der Waals surface area (Å²) in [5.41, 5.74) is 15.2. The fraction of sp³-hybridized carbons (Fsp3) is 0.472. The Morgan fingerprint density at radius 3 is 2.66 bits per heavy atom. The molecule has 0 spiro atoms. The Kier molecular flexibility index (Phi) is 10.4. The third kappa shape index (κ3) is 7.45. The second kappa shape index (κ2) is 14.5. The molecule has 0 radical (unpaired) electrons. The predicted molar refractivity (Wildman–Crippen MR) is 185 cm³/mol. The van der Waals surface area contributed by atoms with Crippen LogP contribution in [0, 0.1) is 18.8 Å². The third-order valence-electron chi connectivity index (χ3n) is 9.56. The van der Waals surface area contributed by atoms with E-state index in [0.29, 0.717) is 59.7 Å². The zero-order valence-corrected chi connectivity index (χ0v) is 29.3. The number of methoxy groups -OCH3 is 1. The van der Waals surface area contributed by atoms with E-state index in [9.17, 15) is 15.4 Å². The van der Waals surface area contributed by atoms with Crippen molar-refractivity contribution in [2.45, 2.75) is 83.9 Å². The molecule has 0 aliphatic heterocycles. The molecular formula is C36H40Cl2N4O4S. The Labute approximate surface area is 289 Å². The number of rotatable bonds is 12. The third-order valence-corrected chi connectivity index (χ3v) is 11.2. The lowest BCUT2D eigenvalue weighted by molar-refractivity contribution is -0.129. The average molecular weight is 696 g/mol. The first-order valence-electron chi connectivity index (χ1n) is 16.3. The number of halogens is 2. The van der Waals surface area contributed by atoms with Crippen LogP contribution in [-0.4, -0.2) is 51.2 Å². The monoisotopic (exact) mass is 694 g/mol. The summed E-state index contributed by atoms with van der Waals surface area (Å²) in [6, 6.07) is 9.58. The van der Waals surface area contributed by atoms with Crippen molar-refractivity contribution >= 4 is 51.7 Å². The van der Waals surface area contributed by atoms with Crippen molar-refractivity contribution in [3.8, 4) is 11.5 Å². The summed E-state index contributed by atoms with van der Waals surface area (Å²) in [7, 11) is 1.67. The molecule has 1 N–H and O–H groups in total. The van der Waals surface area contributed by atoms with Crippen LogP contribution in [0.2, 0.25) is 10.0 Å². The number of aryl methyl sites for hydroxylation is 1. The van der Waals surface area contributed by atoms with Gasteiger partial charge >= 0.3 is 0 Å². The molecule has 47 heavy (non-hydrogen) atoms. The van der Waals surface area contributed by atoms with Gasteiger partial charge in [-0.2, -0.15) is 4.79 Å². The second-order valence-corrected chi connectivity index (χ2v) is 14.9. The van der Waals surface area contributed by atoms with Gasteiger partial charge in [0.25, 0.3) is 11.6 Å². The minimum Gasteiger partial charge on any atom is -0.496 e. The van der Waals surface area contributed by atoms with Gasteiger partial charge in [-0.25, -0.2) is 4.98 Å². The smallest absolute Gasteiger partial charge is 0.269 e. The van der Waals surface area contributed by atoms with Crippen molar-refractivity contribution in [2.24, 2.45) is 11.8 Å². The summed E-state index contributed by atoms with van der Waals surface area (Å²) in [5.74, 6) is 1.66. The van der Waals surface area contributed by atoms with Gasteiger partial charge in [-0.15, -0.1) is 11.3 Å². The topological polar surface area (TPSA) is 108 Å². The molecular weight excluding hydrogens is 655 g/mol. The number of allylic oxidation sites excluding steroid dienone is 1. The van der Waals surface area contributed by atoms with Crippen molar-refractivity contribution in [3.05, 3.63) is 84.3 Å². The maximum atomic E-state index is 14.7. The van der Waals surface area contributed by atoms with Crippen LogP contribution in [0.15, 0.2) is 42.1 Å². The molecule has 2 saturated carbocycles. The van der Waals surface area contributed by atoms with Gasteiger partial charge in [-0.3, -0.25) is 4.79 Å². The van der Waals surface area contributed by atoms with Gasteiger partial charge in [0.05, 0.1) is 46.2 Å². The van der Waals surface area contributed by atoms with E-state index in [1.54, 1.807) is 37.5 Å². The molecule has 6 rings (SSSR count). The van der Waals surface area contributed by atoms with Gasteiger partial charge < -0.3 is 25.0 Å². The van der Waals surface area contributed by atoms with Gasteiger partial charge in [0.2, 0.25) is 0 Å². The van der Waals surface area contributed by atoms with Crippen molar-refractivity contribution < 1.29 is 24.2 Å². The zero-order chi connectivity index (χ0) is 33.2. The number of benzene rings is 2. The van der Waals surface area contributed by atoms with E-state index in [2.05, 4.69) is 15.8 Å². The van der Waals surface area contributed by atoms with E-state index in [-0.39, 0.29) is 17.9 Å². The maximum Gasteiger partial charge on any atom is 0.269 e. The maximum absolute atomic E-state index is 14.7. The highest BCUT2D eigenvalue weighted by molar-refractivity contribution is 7.12. The number of hydrogen-bond acceptors (Lipinski definition) is 6. The first-order valence-corrected chi connectivity index (χ1v) is 17.8. The molecule has 0 saturated heterocycles. The molecule has 0 unspecified atom stereocenters. The number of aliphatic hydroxyl groups excluding tert-OH is 1. The van der Waals surface area contributed by atoms with Gasteiger partial charge in [-0.05, 0) is 92.3 Å². The molecule has 1 amide bonds. The molecule has 8 nitrogen and oxygen atoms in total. The fourth-order valence-electron chi connectivity index (χ4n) is 6.97. The van der Waals surface area contributed by atoms with Gasteiger partial charge in [0.1, 0.15) is 5.75 Å². The Morgan fingerprint density at radius 1 is 1.21 bits per heavy atom.